The van der Waals surface area contributed by atoms with Crippen LogP contribution < -0.4 is 16.0 Å². The van der Waals surface area contributed by atoms with Gasteiger partial charge in [-0.25, -0.2) is 0 Å². The van der Waals surface area contributed by atoms with Gasteiger partial charge in [-0.15, -0.1) is 24.0 Å². The minimum atomic E-state index is 0. The molecule has 2 rings (SSSR count). The Morgan fingerprint density at radius 3 is 2.44 bits per heavy atom. The molecule has 0 aliphatic heterocycles. The van der Waals surface area contributed by atoms with E-state index in [0.29, 0.717) is 13.0 Å². The highest BCUT2D eigenvalue weighted by atomic mass is 127. The number of carbonyl (C=O) groups is 1. The van der Waals surface area contributed by atoms with Gasteiger partial charge in [0.2, 0.25) is 5.91 Å². The molecule has 0 spiro atoms. The van der Waals surface area contributed by atoms with Crippen molar-refractivity contribution in [3.05, 3.63) is 35.9 Å². The Morgan fingerprint density at radius 1 is 1.19 bits per heavy atom. The smallest absolute Gasteiger partial charge is 0.221 e. The van der Waals surface area contributed by atoms with Gasteiger partial charge in [-0.3, -0.25) is 9.79 Å². The number of aliphatic imine (C=N–C) groups is 1. The second-order valence-electron chi connectivity index (χ2n) is 7.33. The van der Waals surface area contributed by atoms with E-state index in [1.165, 1.54) is 31.2 Å². The largest absolute Gasteiger partial charge is 0.356 e. The number of rotatable bonds is 8. The fraction of sp³-hybridized carbons (Fsp3) is 0.619. The summed E-state index contributed by atoms with van der Waals surface area (Å²) in [6.07, 6.45) is 6.37. The second kappa shape index (κ2) is 12.2. The van der Waals surface area contributed by atoms with E-state index in [-0.39, 0.29) is 41.3 Å². The lowest BCUT2D eigenvalue weighted by Gasteiger charge is -2.30. The summed E-state index contributed by atoms with van der Waals surface area (Å²) >= 11 is 0. The lowest BCUT2D eigenvalue weighted by Crippen LogP contribution is -2.45. The molecule has 0 heterocycles. The lowest BCUT2D eigenvalue weighted by atomic mass is 9.79. The third-order valence-corrected chi connectivity index (χ3v) is 5.43. The molecule has 1 saturated carbocycles. The Bertz CT molecular complexity index is 585. The van der Waals surface area contributed by atoms with Crippen LogP contribution in [0.1, 0.15) is 57.9 Å². The van der Waals surface area contributed by atoms with E-state index >= 15 is 0 Å². The van der Waals surface area contributed by atoms with Gasteiger partial charge >= 0.3 is 0 Å². The quantitative estimate of drug-likeness (QED) is 0.299. The number of halogens is 1. The molecule has 1 aliphatic rings. The number of hydrogen-bond acceptors (Lipinski definition) is 2. The molecule has 1 aromatic rings. The molecule has 1 aromatic carbocycles. The van der Waals surface area contributed by atoms with Crippen LogP contribution in [0.25, 0.3) is 0 Å². The third kappa shape index (κ3) is 7.31. The third-order valence-electron chi connectivity index (χ3n) is 5.43. The molecule has 0 saturated heterocycles. The maximum absolute atomic E-state index is 11.9. The summed E-state index contributed by atoms with van der Waals surface area (Å²) in [4.78, 5) is 16.2. The molecule has 0 bridgehead atoms. The zero-order valence-electron chi connectivity index (χ0n) is 16.9. The molecule has 1 aliphatic carbocycles. The molecular formula is C21H35IN4O. The number of hydrogen-bond donors (Lipinski definition) is 3. The summed E-state index contributed by atoms with van der Waals surface area (Å²) in [5.74, 6) is 0.849. The molecule has 1 atom stereocenters. The van der Waals surface area contributed by atoms with Gasteiger partial charge in [-0.05, 0) is 31.7 Å². The number of amides is 1. The van der Waals surface area contributed by atoms with Gasteiger partial charge < -0.3 is 16.0 Å². The first kappa shape index (κ1) is 23.7. The van der Waals surface area contributed by atoms with E-state index in [2.05, 4.69) is 58.2 Å². The van der Waals surface area contributed by atoms with Crippen LogP contribution in [0.5, 0.6) is 0 Å². The average molecular weight is 486 g/mol. The van der Waals surface area contributed by atoms with Crippen LogP contribution in [-0.2, 0) is 10.2 Å². The summed E-state index contributed by atoms with van der Waals surface area (Å²) < 4.78 is 0. The zero-order valence-corrected chi connectivity index (χ0v) is 19.2. The van der Waals surface area contributed by atoms with Crippen LogP contribution in [0, 0.1) is 0 Å². The van der Waals surface area contributed by atoms with Crippen molar-refractivity contribution in [1.82, 2.24) is 16.0 Å². The average Bonchev–Trinajstić information content (AvgIpc) is 3.15. The Morgan fingerprint density at radius 2 is 1.85 bits per heavy atom. The highest BCUT2D eigenvalue weighted by Crippen LogP contribution is 2.40. The van der Waals surface area contributed by atoms with E-state index in [4.69, 9.17) is 0 Å². The molecule has 5 nitrogen and oxygen atoms in total. The molecule has 0 aromatic heterocycles. The fourth-order valence-corrected chi connectivity index (χ4v) is 3.63. The minimum absolute atomic E-state index is 0. The molecule has 1 unspecified atom stereocenters. The van der Waals surface area contributed by atoms with Crippen molar-refractivity contribution in [2.75, 3.05) is 20.1 Å². The molecule has 27 heavy (non-hydrogen) atoms. The van der Waals surface area contributed by atoms with Gasteiger partial charge in [-0.1, -0.05) is 50.1 Å². The van der Waals surface area contributed by atoms with Crippen molar-refractivity contribution in [2.45, 2.75) is 63.8 Å². The Hall–Kier alpha value is -1.31. The first-order valence-corrected chi connectivity index (χ1v) is 9.89. The fourth-order valence-electron chi connectivity index (χ4n) is 3.63. The molecule has 152 valence electrons. The van der Waals surface area contributed by atoms with Gasteiger partial charge in [0, 0.05) is 38.0 Å². The van der Waals surface area contributed by atoms with Crippen molar-refractivity contribution in [3.63, 3.8) is 0 Å². The summed E-state index contributed by atoms with van der Waals surface area (Å²) in [7, 11) is 1.78. The standard InChI is InChI=1S/C21H34N4O.HI/c1-4-17(2)25-19(26)12-15-23-20(22-3)24-16-21(13-8-9-14-21)18-10-6-5-7-11-18;/h5-7,10-11,17H,4,8-9,12-16H2,1-3H3,(H,25,26)(H2,22,23,24);1H. The topological polar surface area (TPSA) is 65.5 Å². The number of nitrogens with one attached hydrogen (secondary N) is 3. The first-order chi connectivity index (χ1) is 12.6. The first-order valence-electron chi connectivity index (χ1n) is 9.89. The summed E-state index contributed by atoms with van der Waals surface area (Å²) in [5.41, 5.74) is 1.60. The molecule has 6 heteroatoms. The summed E-state index contributed by atoms with van der Waals surface area (Å²) in [5, 5.41) is 9.73. The highest BCUT2D eigenvalue weighted by molar-refractivity contribution is 14.0. The van der Waals surface area contributed by atoms with Crippen molar-refractivity contribution >= 4 is 35.8 Å². The summed E-state index contributed by atoms with van der Waals surface area (Å²) in [6, 6.07) is 11.0. The molecule has 0 radical (unpaired) electrons. The molecular weight excluding hydrogens is 451 g/mol. The van der Waals surface area contributed by atoms with Crippen LogP contribution in [-0.4, -0.2) is 38.0 Å². The number of guanidine groups is 1. The normalized spacial score (nSPS) is 16.9. The predicted molar refractivity (Wildman–Crippen MR) is 124 cm³/mol. The van der Waals surface area contributed by atoms with E-state index in [1.807, 2.05) is 6.92 Å². The van der Waals surface area contributed by atoms with Crippen LogP contribution in [0.2, 0.25) is 0 Å². The van der Waals surface area contributed by atoms with Gasteiger partial charge in [0.25, 0.3) is 0 Å². The molecule has 3 N–H and O–H groups in total. The Labute approximate surface area is 181 Å². The van der Waals surface area contributed by atoms with Gasteiger partial charge in [0.1, 0.15) is 0 Å². The van der Waals surface area contributed by atoms with E-state index in [0.717, 1.165) is 18.9 Å². The number of nitrogens with zero attached hydrogens (tertiary/aromatic N) is 1. The van der Waals surface area contributed by atoms with Crippen LogP contribution >= 0.6 is 24.0 Å². The molecule has 1 amide bonds. The van der Waals surface area contributed by atoms with Gasteiger partial charge in [0.15, 0.2) is 5.96 Å². The molecule has 1 fully saturated rings. The van der Waals surface area contributed by atoms with Crippen LogP contribution in [0.15, 0.2) is 35.3 Å². The Kier molecular flexibility index (Phi) is 10.7. The van der Waals surface area contributed by atoms with E-state index in [9.17, 15) is 4.79 Å². The Balaban J connectivity index is 0.00000364. The lowest BCUT2D eigenvalue weighted by molar-refractivity contribution is -0.121. The monoisotopic (exact) mass is 486 g/mol. The predicted octanol–water partition coefficient (Wildman–Crippen LogP) is 3.59. The van der Waals surface area contributed by atoms with Gasteiger partial charge in [0.05, 0.1) is 0 Å². The number of carbonyl (C=O) groups excluding carboxylic acids is 1. The maximum atomic E-state index is 11.9. The van der Waals surface area contributed by atoms with Gasteiger partial charge in [-0.2, -0.15) is 0 Å². The zero-order chi connectivity index (χ0) is 18.8. The van der Waals surface area contributed by atoms with E-state index in [1.54, 1.807) is 7.05 Å². The number of benzene rings is 1. The SMILES string of the molecule is CCC(C)NC(=O)CCNC(=NC)NCC1(c2ccccc2)CCCC1.I. The van der Waals surface area contributed by atoms with E-state index < -0.39 is 0 Å². The van der Waals surface area contributed by atoms with Crippen molar-refractivity contribution in [2.24, 2.45) is 4.99 Å². The maximum Gasteiger partial charge on any atom is 0.221 e. The van der Waals surface area contributed by atoms with Crippen molar-refractivity contribution in [3.8, 4) is 0 Å². The van der Waals surface area contributed by atoms with Crippen molar-refractivity contribution in [1.29, 1.82) is 0 Å². The minimum Gasteiger partial charge on any atom is -0.356 e. The van der Waals surface area contributed by atoms with Crippen LogP contribution in [0.4, 0.5) is 0 Å². The highest BCUT2D eigenvalue weighted by Gasteiger charge is 2.35. The second-order valence-corrected chi connectivity index (χ2v) is 7.33. The summed E-state index contributed by atoms with van der Waals surface area (Å²) in [6.45, 7) is 5.55. The van der Waals surface area contributed by atoms with Crippen molar-refractivity contribution < 1.29 is 4.79 Å². The van der Waals surface area contributed by atoms with Crippen LogP contribution in [0.3, 0.4) is 0 Å².